The van der Waals surface area contributed by atoms with Crippen LogP contribution in [0.2, 0.25) is 0 Å². The Labute approximate surface area is 186 Å². The van der Waals surface area contributed by atoms with Gasteiger partial charge in [0, 0.05) is 55.0 Å². The molecule has 31 heavy (non-hydrogen) atoms. The number of carbonyl (C=O) groups excluding carboxylic acids is 1. The van der Waals surface area contributed by atoms with Crippen LogP contribution in [-0.2, 0) is 33.4 Å². The van der Waals surface area contributed by atoms with Gasteiger partial charge in [-0.3, -0.25) is 14.7 Å². The highest BCUT2D eigenvalue weighted by Gasteiger charge is 2.18. The molecule has 1 saturated heterocycles. The van der Waals surface area contributed by atoms with Crippen molar-refractivity contribution in [3.63, 3.8) is 0 Å². The summed E-state index contributed by atoms with van der Waals surface area (Å²) in [6.07, 6.45) is 6.47. The molecular formula is C21H27N3O5S2. The predicted octanol–water partition coefficient (Wildman–Crippen LogP) is 1.94. The van der Waals surface area contributed by atoms with E-state index in [1.165, 1.54) is 18.1 Å². The van der Waals surface area contributed by atoms with Crippen LogP contribution >= 0.6 is 11.8 Å². The fourth-order valence-electron chi connectivity index (χ4n) is 3.17. The summed E-state index contributed by atoms with van der Waals surface area (Å²) < 4.78 is 28.9. The lowest BCUT2D eigenvalue weighted by Gasteiger charge is -2.26. The first-order valence-electron chi connectivity index (χ1n) is 10.00. The number of nitrogens with zero attached hydrogens (tertiary/aromatic N) is 2. The monoisotopic (exact) mass is 465 g/mol. The molecular weight excluding hydrogens is 438 g/mol. The number of rotatable bonds is 10. The Hall–Kier alpha value is -2.30. The predicted molar refractivity (Wildman–Crippen MR) is 120 cm³/mol. The second kappa shape index (κ2) is 11.4. The van der Waals surface area contributed by atoms with E-state index in [-0.39, 0.29) is 18.1 Å². The van der Waals surface area contributed by atoms with E-state index in [1.54, 1.807) is 18.3 Å². The number of carbonyl (C=O) groups is 1. The van der Waals surface area contributed by atoms with E-state index in [0.717, 1.165) is 36.8 Å². The maximum atomic E-state index is 12.0. The molecule has 1 amide bonds. The molecule has 0 saturated carbocycles. The standard InChI is InChI=1S/C21H27N3O5S2/c25-20(12-23-21(26)16-31(27,28)15-18-4-8-29-14-18)2-1-19-11-17(3-5-22-19)13-24-6-9-30-10-7-24/h2-5,8,11,14,25H,1,6-7,9-10,12-13,15-16H2,(H,23,26). The number of aliphatic hydroxyl groups excluding tert-OH is 1. The molecule has 0 bridgehead atoms. The first kappa shape index (κ1) is 23.4. The number of aromatic nitrogens is 1. The van der Waals surface area contributed by atoms with Crippen molar-refractivity contribution in [3.8, 4) is 0 Å². The van der Waals surface area contributed by atoms with Crippen molar-refractivity contribution >= 4 is 27.5 Å². The maximum Gasteiger partial charge on any atom is 0.235 e. The molecule has 8 nitrogen and oxygen atoms in total. The van der Waals surface area contributed by atoms with E-state index in [1.807, 2.05) is 23.9 Å². The zero-order chi connectivity index (χ0) is 22.1. The molecule has 2 aromatic heterocycles. The molecule has 0 unspecified atom stereocenters. The van der Waals surface area contributed by atoms with Crippen LogP contribution in [0.5, 0.6) is 0 Å². The minimum atomic E-state index is -3.61. The van der Waals surface area contributed by atoms with E-state index >= 15 is 0 Å². The molecule has 10 heteroatoms. The molecule has 0 radical (unpaired) electrons. The molecule has 0 atom stereocenters. The third-order valence-corrected chi connectivity index (χ3v) is 7.14. The third kappa shape index (κ3) is 8.39. The lowest BCUT2D eigenvalue weighted by molar-refractivity contribution is -0.118. The Morgan fingerprint density at radius 3 is 2.84 bits per heavy atom. The van der Waals surface area contributed by atoms with E-state index < -0.39 is 21.5 Å². The molecule has 0 spiro atoms. The quantitative estimate of drug-likeness (QED) is 0.512. The van der Waals surface area contributed by atoms with Gasteiger partial charge in [-0.05, 0) is 29.8 Å². The average Bonchev–Trinajstić information content (AvgIpc) is 3.23. The number of sulfone groups is 1. The minimum Gasteiger partial charge on any atom is -0.511 e. The van der Waals surface area contributed by atoms with Gasteiger partial charge in [0.15, 0.2) is 9.84 Å². The molecule has 1 aliphatic rings. The van der Waals surface area contributed by atoms with Crippen LogP contribution in [0.15, 0.2) is 53.2 Å². The van der Waals surface area contributed by atoms with Crippen molar-refractivity contribution in [1.82, 2.24) is 15.2 Å². The molecule has 0 aliphatic carbocycles. The van der Waals surface area contributed by atoms with Crippen LogP contribution in [-0.4, -0.2) is 66.2 Å². The van der Waals surface area contributed by atoms with E-state index in [4.69, 9.17) is 4.42 Å². The average molecular weight is 466 g/mol. The van der Waals surface area contributed by atoms with Gasteiger partial charge >= 0.3 is 0 Å². The summed E-state index contributed by atoms with van der Waals surface area (Å²) in [6, 6.07) is 5.56. The second-order valence-electron chi connectivity index (χ2n) is 7.38. The Balaban J connectivity index is 1.44. The number of thioether (sulfide) groups is 1. The summed E-state index contributed by atoms with van der Waals surface area (Å²) >= 11 is 1.98. The topological polar surface area (TPSA) is 113 Å². The fraction of sp³-hybridized carbons (Fsp3) is 0.429. The number of aliphatic hydroxyl groups is 1. The SMILES string of the molecule is O=C(CS(=O)(=O)Cc1ccoc1)NCC(O)=CCc1cc(CN2CCSCC2)ccn1. The van der Waals surface area contributed by atoms with Crippen molar-refractivity contribution in [3.05, 3.63) is 65.6 Å². The lowest BCUT2D eigenvalue weighted by Crippen LogP contribution is -2.32. The normalized spacial score (nSPS) is 15.7. The van der Waals surface area contributed by atoms with Crippen molar-refractivity contribution in [1.29, 1.82) is 0 Å². The Morgan fingerprint density at radius 1 is 1.29 bits per heavy atom. The largest absolute Gasteiger partial charge is 0.511 e. The van der Waals surface area contributed by atoms with Gasteiger partial charge in [-0.15, -0.1) is 0 Å². The zero-order valence-electron chi connectivity index (χ0n) is 17.2. The van der Waals surface area contributed by atoms with Gasteiger partial charge in [0.1, 0.15) is 11.5 Å². The summed E-state index contributed by atoms with van der Waals surface area (Å²) in [4.78, 5) is 18.7. The summed E-state index contributed by atoms with van der Waals surface area (Å²) in [7, 11) is -3.61. The molecule has 1 fully saturated rings. The highest BCUT2D eigenvalue weighted by molar-refractivity contribution is 7.99. The van der Waals surface area contributed by atoms with Crippen molar-refractivity contribution < 1.29 is 22.7 Å². The first-order chi connectivity index (χ1) is 14.9. The number of amides is 1. The maximum absolute atomic E-state index is 12.0. The number of hydrogen-bond donors (Lipinski definition) is 2. The van der Waals surface area contributed by atoms with Gasteiger partial charge in [-0.2, -0.15) is 11.8 Å². The van der Waals surface area contributed by atoms with E-state index in [0.29, 0.717) is 12.0 Å². The fourth-order valence-corrected chi connectivity index (χ4v) is 5.42. The van der Waals surface area contributed by atoms with Crippen LogP contribution in [0.1, 0.15) is 16.8 Å². The molecule has 168 valence electrons. The molecule has 2 aromatic rings. The van der Waals surface area contributed by atoms with Gasteiger partial charge < -0.3 is 14.8 Å². The van der Waals surface area contributed by atoms with Crippen molar-refractivity contribution in [2.24, 2.45) is 0 Å². The first-order valence-corrected chi connectivity index (χ1v) is 13.0. The molecule has 3 heterocycles. The lowest BCUT2D eigenvalue weighted by atomic mass is 10.1. The molecule has 0 aromatic carbocycles. The smallest absolute Gasteiger partial charge is 0.235 e. The summed E-state index contributed by atoms with van der Waals surface area (Å²) in [5.41, 5.74) is 2.50. The van der Waals surface area contributed by atoms with Gasteiger partial charge in [-0.1, -0.05) is 0 Å². The van der Waals surface area contributed by atoms with Gasteiger partial charge in [0.25, 0.3) is 0 Å². The third-order valence-electron chi connectivity index (χ3n) is 4.72. The van der Waals surface area contributed by atoms with Crippen LogP contribution < -0.4 is 5.32 Å². The van der Waals surface area contributed by atoms with Crippen LogP contribution in [0.4, 0.5) is 0 Å². The number of pyridine rings is 1. The summed E-state index contributed by atoms with van der Waals surface area (Å²) in [6.45, 7) is 2.92. The Kier molecular flexibility index (Phi) is 8.56. The highest BCUT2D eigenvalue weighted by atomic mass is 32.2. The molecule has 1 aliphatic heterocycles. The number of allylic oxidation sites excluding steroid dienone is 1. The van der Waals surface area contributed by atoms with Gasteiger partial charge in [0.2, 0.25) is 5.91 Å². The minimum absolute atomic E-state index is 0.0409. The van der Waals surface area contributed by atoms with Crippen LogP contribution in [0.3, 0.4) is 0 Å². The zero-order valence-corrected chi connectivity index (χ0v) is 18.8. The molecule has 2 N–H and O–H groups in total. The number of hydrogen-bond acceptors (Lipinski definition) is 8. The van der Waals surface area contributed by atoms with E-state index in [2.05, 4.69) is 15.2 Å². The van der Waals surface area contributed by atoms with E-state index in [9.17, 15) is 18.3 Å². The second-order valence-corrected chi connectivity index (χ2v) is 10.7. The Bertz CT molecular complexity index is 984. The van der Waals surface area contributed by atoms with Crippen molar-refractivity contribution in [2.75, 3.05) is 36.9 Å². The Morgan fingerprint density at radius 2 is 2.10 bits per heavy atom. The van der Waals surface area contributed by atoms with Gasteiger partial charge in [-0.25, -0.2) is 8.42 Å². The summed E-state index contributed by atoms with van der Waals surface area (Å²) in [5.74, 6) is 0.695. The number of nitrogens with one attached hydrogen (secondary N) is 1. The molecule has 3 rings (SSSR count). The van der Waals surface area contributed by atoms with Crippen LogP contribution in [0, 0.1) is 0 Å². The summed E-state index contributed by atoms with van der Waals surface area (Å²) in [5, 5.41) is 12.5. The van der Waals surface area contributed by atoms with Gasteiger partial charge in [0.05, 0.1) is 24.8 Å². The van der Waals surface area contributed by atoms with Crippen molar-refractivity contribution in [2.45, 2.75) is 18.7 Å². The van der Waals surface area contributed by atoms with Crippen LogP contribution in [0.25, 0.3) is 0 Å². The number of furan rings is 1. The highest BCUT2D eigenvalue weighted by Crippen LogP contribution is 2.13.